The van der Waals surface area contributed by atoms with E-state index in [1.165, 1.54) is 67.3 Å². The molecule has 1 unspecified atom stereocenters. The van der Waals surface area contributed by atoms with Crippen molar-refractivity contribution >= 4 is 17.7 Å². The van der Waals surface area contributed by atoms with Gasteiger partial charge in [-0.2, -0.15) is 9.60 Å². The largest absolute Gasteiger partial charge is 0.465 e. The number of esters is 1. The van der Waals surface area contributed by atoms with Crippen LogP contribution in [0.4, 0.5) is 5.69 Å². The van der Waals surface area contributed by atoms with Gasteiger partial charge >= 0.3 is 5.97 Å². The predicted molar refractivity (Wildman–Crippen MR) is 138 cm³/mol. The number of ether oxygens (including phenoxy) is 1. The van der Waals surface area contributed by atoms with Gasteiger partial charge in [0.15, 0.2) is 5.69 Å². The van der Waals surface area contributed by atoms with Gasteiger partial charge in [-0.3, -0.25) is 0 Å². The molecule has 1 saturated carbocycles. The van der Waals surface area contributed by atoms with Gasteiger partial charge in [0.05, 0.1) is 30.5 Å². The van der Waals surface area contributed by atoms with Gasteiger partial charge in [-0.1, -0.05) is 37.5 Å². The van der Waals surface area contributed by atoms with E-state index in [-0.39, 0.29) is 5.97 Å². The molecule has 178 valence electrons. The zero-order chi connectivity index (χ0) is 23.4. The van der Waals surface area contributed by atoms with Crippen LogP contribution in [0.25, 0.3) is 17.3 Å². The Kier molecular flexibility index (Phi) is 5.30. The summed E-state index contributed by atoms with van der Waals surface area (Å²) in [5, 5.41) is 2.35. The third-order valence-corrected chi connectivity index (χ3v) is 8.69. The highest BCUT2D eigenvalue weighted by molar-refractivity contribution is 6.03. The van der Waals surface area contributed by atoms with E-state index in [2.05, 4.69) is 60.2 Å². The summed E-state index contributed by atoms with van der Waals surface area (Å²) in [7, 11) is 5.89. The molecule has 2 aliphatic heterocycles. The summed E-state index contributed by atoms with van der Waals surface area (Å²) in [5.41, 5.74) is 9.75. The monoisotopic (exact) mass is 458 g/mol. The fourth-order valence-electron chi connectivity index (χ4n) is 7.08. The molecule has 1 fully saturated rings. The van der Waals surface area contributed by atoms with Crippen molar-refractivity contribution in [3.05, 3.63) is 58.4 Å². The van der Waals surface area contributed by atoms with Crippen LogP contribution in [0.3, 0.4) is 0 Å². The van der Waals surface area contributed by atoms with Crippen LogP contribution in [0, 0.1) is 0 Å². The number of carbonyl (C=O) groups is 1. The fourth-order valence-corrected chi connectivity index (χ4v) is 7.08. The lowest BCUT2D eigenvalue weighted by atomic mass is 9.79. The van der Waals surface area contributed by atoms with Crippen LogP contribution in [-0.4, -0.2) is 43.3 Å². The number of fused-ring (bicyclic) bond motifs is 4. The van der Waals surface area contributed by atoms with Gasteiger partial charge in [0, 0.05) is 37.3 Å². The maximum atomic E-state index is 13.2. The van der Waals surface area contributed by atoms with Crippen molar-refractivity contribution in [3.8, 4) is 11.3 Å². The molecule has 5 nitrogen and oxygen atoms in total. The number of nitrogens with zero attached hydrogens (tertiary/aromatic N) is 3. The molecule has 34 heavy (non-hydrogen) atoms. The second-order valence-electron chi connectivity index (χ2n) is 10.5. The number of methoxy groups -OCH3 is 1. The normalized spacial score (nSPS) is 23.3. The molecule has 1 aromatic carbocycles. The van der Waals surface area contributed by atoms with E-state index in [1.807, 2.05) is 0 Å². The minimum absolute atomic E-state index is 0.224. The maximum Gasteiger partial charge on any atom is 0.340 e. The topological polar surface area (TPSA) is 34.5 Å². The van der Waals surface area contributed by atoms with Crippen molar-refractivity contribution in [3.63, 3.8) is 0 Å². The summed E-state index contributed by atoms with van der Waals surface area (Å²) in [6, 6.07) is 4.73. The van der Waals surface area contributed by atoms with Gasteiger partial charge in [-0.25, -0.2) is 4.79 Å². The molecule has 6 rings (SSSR count). The zero-order valence-electron chi connectivity index (χ0n) is 20.8. The summed E-state index contributed by atoms with van der Waals surface area (Å²) in [5.74, 6) is 0.425. The summed E-state index contributed by atoms with van der Waals surface area (Å²) in [4.78, 5) is 13.2. The van der Waals surface area contributed by atoms with Gasteiger partial charge in [-0.15, -0.1) is 0 Å². The van der Waals surface area contributed by atoms with Gasteiger partial charge in [0.25, 0.3) is 0 Å². The Bertz CT molecular complexity index is 1210. The summed E-state index contributed by atoms with van der Waals surface area (Å²) >= 11 is 0. The quantitative estimate of drug-likeness (QED) is 0.430. The van der Waals surface area contributed by atoms with Crippen molar-refractivity contribution in [2.45, 2.75) is 63.8 Å². The van der Waals surface area contributed by atoms with Crippen LogP contribution < -0.4 is 4.59 Å². The van der Waals surface area contributed by atoms with Crippen LogP contribution in [-0.2, 0) is 24.1 Å². The second kappa shape index (κ2) is 8.24. The standard InChI is InChI=1S/C29H36N3O2/c1-30(2)32-18-9-13-22-21(20-10-5-4-6-11-20)15-16-24(28(22)32)27-26(29(33)34-3)23-12-7-8-14-25(23)31(27)17-19-32/h7,9,12,15-16,18,20H,4-6,8,10-11,13-14,17,19H2,1-3H3/q+1. The number of aromatic nitrogens is 1. The van der Waals surface area contributed by atoms with Crippen LogP contribution in [0.1, 0.15) is 77.2 Å². The van der Waals surface area contributed by atoms with E-state index in [0.29, 0.717) is 10.5 Å². The zero-order valence-corrected chi connectivity index (χ0v) is 20.8. The molecule has 2 aromatic rings. The van der Waals surface area contributed by atoms with Gasteiger partial charge < -0.3 is 9.30 Å². The van der Waals surface area contributed by atoms with Crippen LogP contribution in [0.2, 0.25) is 0 Å². The second-order valence-corrected chi connectivity index (χ2v) is 10.5. The molecule has 4 aliphatic rings. The first kappa shape index (κ1) is 21.9. The van der Waals surface area contributed by atoms with Crippen molar-refractivity contribution in [1.29, 1.82) is 0 Å². The number of hydrogen-bond acceptors (Lipinski definition) is 3. The molecular weight excluding hydrogens is 422 g/mol. The number of allylic oxidation sites excluding steroid dienone is 2. The Labute approximate surface area is 202 Å². The Balaban J connectivity index is 1.67. The number of carbonyl (C=O) groups excluding carboxylic acids is 1. The molecule has 0 amide bonds. The van der Waals surface area contributed by atoms with E-state index < -0.39 is 0 Å². The van der Waals surface area contributed by atoms with E-state index in [1.54, 1.807) is 0 Å². The Morgan fingerprint density at radius 1 is 1.15 bits per heavy atom. The minimum Gasteiger partial charge on any atom is -0.465 e. The smallest absolute Gasteiger partial charge is 0.340 e. The average molecular weight is 459 g/mol. The highest BCUT2D eigenvalue weighted by Gasteiger charge is 2.45. The third kappa shape index (κ3) is 3.03. The molecule has 2 aliphatic carbocycles. The molecular formula is C29H36N3O2+. The highest BCUT2D eigenvalue weighted by Crippen LogP contribution is 2.50. The number of hydrogen-bond donors (Lipinski definition) is 0. The summed E-state index contributed by atoms with van der Waals surface area (Å²) in [6.45, 7) is 1.81. The Morgan fingerprint density at radius 3 is 2.74 bits per heavy atom. The van der Waals surface area contributed by atoms with Gasteiger partial charge in [0.1, 0.15) is 12.7 Å². The highest BCUT2D eigenvalue weighted by atomic mass is 16.5. The van der Waals surface area contributed by atoms with Gasteiger partial charge in [-0.05, 0) is 49.3 Å². The fraction of sp³-hybridized carbons (Fsp3) is 0.483. The Hall–Kier alpha value is -2.63. The Morgan fingerprint density at radius 2 is 1.97 bits per heavy atom. The predicted octanol–water partition coefficient (Wildman–Crippen LogP) is 5.82. The van der Waals surface area contributed by atoms with Crippen LogP contribution >= 0.6 is 0 Å². The van der Waals surface area contributed by atoms with Crippen molar-refractivity contribution in [1.82, 2.24) is 14.2 Å². The molecule has 0 N–H and O–H groups in total. The van der Waals surface area contributed by atoms with E-state index >= 15 is 0 Å². The number of rotatable bonds is 3. The lowest BCUT2D eigenvalue weighted by Gasteiger charge is -2.42. The number of benzene rings is 1. The maximum absolute atomic E-state index is 13.2. The lowest BCUT2D eigenvalue weighted by Crippen LogP contribution is -2.57. The van der Waals surface area contributed by atoms with Crippen molar-refractivity contribution in [2.75, 3.05) is 27.7 Å². The first-order valence-corrected chi connectivity index (χ1v) is 13.0. The van der Waals surface area contributed by atoms with Crippen molar-refractivity contribution in [2.24, 2.45) is 0 Å². The average Bonchev–Trinajstić information content (AvgIpc) is 3.12. The van der Waals surface area contributed by atoms with Crippen LogP contribution in [0.5, 0.6) is 0 Å². The lowest BCUT2D eigenvalue weighted by molar-refractivity contribution is 0.0601. The SMILES string of the molecule is COC(=O)c1c2c(n3c1-c1ccc(C4CCCCC4)c4c1[N+](N(C)C)(C=CC4)CC3)CCC=C2. The minimum atomic E-state index is -0.224. The van der Waals surface area contributed by atoms with E-state index in [4.69, 9.17) is 4.74 Å². The summed E-state index contributed by atoms with van der Waals surface area (Å²) in [6.07, 6.45) is 18.7. The third-order valence-electron chi connectivity index (χ3n) is 8.69. The van der Waals surface area contributed by atoms with Gasteiger partial charge in [0.2, 0.25) is 0 Å². The molecule has 0 spiro atoms. The molecule has 0 radical (unpaired) electrons. The molecule has 1 atom stereocenters. The molecule has 3 heterocycles. The van der Waals surface area contributed by atoms with E-state index in [9.17, 15) is 4.79 Å². The number of quaternary nitrogens is 1. The first-order valence-electron chi connectivity index (χ1n) is 13.0. The van der Waals surface area contributed by atoms with E-state index in [0.717, 1.165) is 49.2 Å². The molecule has 0 saturated heterocycles. The summed E-state index contributed by atoms with van der Waals surface area (Å²) < 4.78 is 8.50. The van der Waals surface area contributed by atoms with Crippen molar-refractivity contribution < 1.29 is 9.53 Å². The molecule has 1 aromatic heterocycles. The van der Waals surface area contributed by atoms with Crippen LogP contribution in [0.15, 0.2) is 30.5 Å². The first-order chi connectivity index (χ1) is 16.6. The molecule has 5 heteroatoms. The molecule has 0 bridgehead atoms.